The standard InChI is InChI=1S/C20H22N2O2/c1-22-18-10-9-16(12-17(18)14-20(22)24)13-19(23)21-11-5-8-15-6-3-2-4-7-15/h2-4,6-7,9-10,12H,5,8,11,13-14H2,1H3,(H,21,23). The van der Waals surface area contributed by atoms with Crippen molar-refractivity contribution >= 4 is 17.5 Å². The zero-order chi connectivity index (χ0) is 16.9. The number of likely N-dealkylation sites (N-methyl/N-ethyl adjacent to an activating group) is 1. The van der Waals surface area contributed by atoms with E-state index in [2.05, 4.69) is 17.4 Å². The van der Waals surface area contributed by atoms with Crippen molar-refractivity contribution in [1.29, 1.82) is 0 Å². The summed E-state index contributed by atoms with van der Waals surface area (Å²) >= 11 is 0. The normalized spacial score (nSPS) is 13.0. The minimum absolute atomic E-state index is 0.0284. The van der Waals surface area contributed by atoms with Gasteiger partial charge in [0.2, 0.25) is 11.8 Å². The molecular weight excluding hydrogens is 300 g/mol. The number of amides is 2. The molecule has 0 fully saturated rings. The molecule has 0 saturated carbocycles. The molecule has 1 aliphatic rings. The van der Waals surface area contributed by atoms with Crippen molar-refractivity contribution in [1.82, 2.24) is 5.32 Å². The summed E-state index contributed by atoms with van der Waals surface area (Å²) in [4.78, 5) is 25.4. The van der Waals surface area contributed by atoms with E-state index in [9.17, 15) is 9.59 Å². The molecule has 2 aromatic rings. The van der Waals surface area contributed by atoms with Crippen molar-refractivity contribution in [2.45, 2.75) is 25.7 Å². The number of benzene rings is 2. The van der Waals surface area contributed by atoms with Crippen molar-refractivity contribution < 1.29 is 9.59 Å². The highest BCUT2D eigenvalue weighted by Crippen LogP contribution is 2.28. The van der Waals surface area contributed by atoms with Gasteiger partial charge in [0.15, 0.2) is 0 Å². The van der Waals surface area contributed by atoms with Crippen LogP contribution in [0.2, 0.25) is 0 Å². The van der Waals surface area contributed by atoms with Crippen LogP contribution in [0.3, 0.4) is 0 Å². The third-order valence-corrected chi connectivity index (χ3v) is 4.39. The van der Waals surface area contributed by atoms with Crippen molar-refractivity contribution in [3.63, 3.8) is 0 Å². The Morgan fingerprint density at radius 3 is 2.71 bits per heavy atom. The molecular formula is C20H22N2O2. The lowest BCUT2D eigenvalue weighted by molar-refractivity contribution is -0.120. The van der Waals surface area contributed by atoms with E-state index in [1.165, 1.54) is 5.56 Å². The van der Waals surface area contributed by atoms with Gasteiger partial charge in [-0.15, -0.1) is 0 Å². The lowest BCUT2D eigenvalue weighted by atomic mass is 10.1. The molecule has 4 heteroatoms. The Hall–Kier alpha value is -2.62. The molecule has 24 heavy (non-hydrogen) atoms. The molecule has 0 unspecified atom stereocenters. The topological polar surface area (TPSA) is 49.4 Å². The van der Waals surface area contributed by atoms with E-state index >= 15 is 0 Å². The van der Waals surface area contributed by atoms with E-state index in [1.807, 2.05) is 36.4 Å². The SMILES string of the molecule is CN1C(=O)Cc2cc(CC(=O)NCCCc3ccccc3)ccc21. The smallest absolute Gasteiger partial charge is 0.231 e. The van der Waals surface area contributed by atoms with Gasteiger partial charge in [0.1, 0.15) is 0 Å². The van der Waals surface area contributed by atoms with Gasteiger partial charge in [0.25, 0.3) is 0 Å². The second-order valence-electron chi connectivity index (χ2n) is 6.21. The second-order valence-corrected chi connectivity index (χ2v) is 6.21. The summed E-state index contributed by atoms with van der Waals surface area (Å²) in [5.41, 5.74) is 4.21. The summed E-state index contributed by atoms with van der Waals surface area (Å²) in [6, 6.07) is 16.1. The van der Waals surface area contributed by atoms with Crippen LogP contribution in [0.5, 0.6) is 0 Å². The monoisotopic (exact) mass is 322 g/mol. The maximum atomic E-state index is 12.1. The fourth-order valence-electron chi connectivity index (χ4n) is 3.05. The number of carbonyl (C=O) groups excluding carboxylic acids is 2. The number of hydrogen-bond donors (Lipinski definition) is 1. The number of carbonyl (C=O) groups is 2. The van der Waals surface area contributed by atoms with Gasteiger partial charge >= 0.3 is 0 Å². The summed E-state index contributed by atoms with van der Waals surface area (Å²) in [6.45, 7) is 0.680. The molecule has 1 N–H and O–H groups in total. The third-order valence-electron chi connectivity index (χ3n) is 4.39. The summed E-state index contributed by atoms with van der Waals surface area (Å²) in [5.74, 6) is 0.133. The molecule has 124 valence electrons. The first-order valence-electron chi connectivity index (χ1n) is 8.32. The number of rotatable bonds is 6. The van der Waals surface area contributed by atoms with Gasteiger partial charge in [-0.3, -0.25) is 9.59 Å². The van der Waals surface area contributed by atoms with Crippen LogP contribution >= 0.6 is 0 Å². The van der Waals surface area contributed by atoms with E-state index in [-0.39, 0.29) is 11.8 Å². The van der Waals surface area contributed by atoms with Gasteiger partial charge in [0.05, 0.1) is 12.8 Å². The van der Waals surface area contributed by atoms with Crippen LogP contribution in [-0.2, 0) is 28.9 Å². The Bertz CT molecular complexity index is 741. The molecule has 3 rings (SSSR count). The molecule has 0 radical (unpaired) electrons. The predicted octanol–water partition coefficient (Wildman–Crippen LogP) is 2.50. The lowest BCUT2D eigenvalue weighted by Crippen LogP contribution is -2.26. The van der Waals surface area contributed by atoms with Crippen LogP contribution in [-0.4, -0.2) is 25.4 Å². The quantitative estimate of drug-likeness (QED) is 0.831. The van der Waals surface area contributed by atoms with Crippen LogP contribution in [0.4, 0.5) is 5.69 Å². The number of aryl methyl sites for hydroxylation is 1. The largest absolute Gasteiger partial charge is 0.356 e. The number of nitrogens with one attached hydrogen (secondary N) is 1. The average molecular weight is 322 g/mol. The number of fused-ring (bicyclic) bond motifs is 1. The summed E-state index contributed by atoms with van der Waals surface area (Å²) in [7, 11) is 1.79. The van der Waals surface area contributed by atoms with E-state index < -0.39 is 0 Å². The summed E-state index contributed by atoms with van der Waals surface area (Å²) < 4.78 is 0. The Balaban J connectivity index is 1.46. The van der Waals surface area contributed by atoms with Gasteiger partial charge < -0.3 is 10.2 Å². The molecule has 1 heterocycles. The molecule has 4 nitrogen and oxygen atoms in total. The van der Waals surface area contributed by atoms with Crippen LogP contribution in [0, 0.1) is 0 Å². The van der Waals surface area contributed by atoms with Gasteiger partial charge in [-0.2, -0.15) is 0 Å². The first-order chi connectivity index (χ1) is 11.6. The highest BCUT2D eigenvalue weighted by molar-refractivity contribution is 6.01. The van der Waals surface area contributed by atoms with E-state index in [0.717, 1.165) is 29.7 Å². The Morgan fingerprint density at radius 1 is 1.12 bits per heavy atom. The zero-order valence-electron chi connectivity index (χ0n) is 13.9. The fourth-order valence-corrected chi connectivity index (χ4v) is 3.05. The van der Waals surface area contributed by atoms with Crippen LogP contribution in [0.1, 0.15) is 23.1 Å². The predicted molar refractivity (Wildman–Crippen MR) is 95.0 cm³/mol. The first-order valence-corrected chi connectivity index (χ1v) is 8.32. The molecule has 2 aromatic carbocycles. The van der Waals surface area contributed by atoms with E-state index in [1.54, 1.807) is 11.9 Å². The molecule has 0 aliphatic carbocycles. The fraction of sp³-hybridized carbons (Fsp3) is 0.300. The van der Waals surface area contributed by atoms with Crippen molar-refractivity contribution in [3.05, 3.63) is 65.2 Å². The maximum Gasteiger partial charge on any atom is 0.231 e. The molecule has 0 spiro atoms. The third kappa shape index (κ3) is 3.82. The molecule has 0 atom stereocenters. The highest BCUT2D eigenvalue weighted by atomic mass is 16.2. The average Bonchev–Trinajstić information content (AvgIpc) is 2.86. The van der Waals surface area contributed by atoms with Gasteiger partial charge in [-0.25, -0.2) is 0 Å². The molecule has 0 aromatic heterocycles. The van der Waals surface area contributed by atoms with Crippen molar-refractivity contribution in [2.24, 2.45) is 0 Å². The van der Waals surface area contributed by atoms with E-state index in [0.29, 0.717) is 19.4 Å². The Kier molecular flexibility index (Phi) is 4.94. The van der Waals surface area contributed by atoms with E-state index in [4.69, 9.17) is 0 Å². The molecule has 2 amide bonds. The zero-order valence-corrected chi connectivity index (χ0v) is 13.9. The van der Waals surface area contributed by atoms with Gasteiger partial charge in [-0.1, -0.05) is 42.5 Å². The van der Waals surface area contributed by atoms with Crippen LogP contribution in [0.25, 0.3) is 0 Å². The maximum absolute atomic E-state index is 12.1. The van der Waals surface area contributed by atoms with Crippen molar-refractivity contribution in [2.75, 3.05) is 18.5 Å². The second kappa shape index (κ2) is 7.30. The highest BCUT2D eigenvalue weighted by Gasteiger charge is 2.23. The summed E-state index contributed by atoms with van der Waals surface area (Å²) in [6.07, 6.45) is 2.68. The molecule has 0 saturated heterocycles. The lowest BCUT2D eigenvalue weighted by Gasteiger charge is -2.10. The molecule has 0 bridgehead atoms. The number of hydrogen-bond acceptors (Lipinski definition) is 2. The van der Waals surface area contributed by atoms with Crippen LogP contribution < -0.4 is 10.2 Å². The van der Waals surface area contributed by atoms with Gasteiger partial charge in [0, 0.05) is 19.3 Å². The van der Waals surface area contributed by atoms with Crippen molar-refractivity contribution in [3.8, 4) is 0 Å². The number of nitrogens with zero attached hydrogens (tertiary/aromatic N) is 1. The Morgan fingerprint density at radius 2 is 1.92 bits per heavy atom. The first kappa shape index (κ1) is 16.2. The minimum Gasteiger partial charge on any atom is -0.356 e. The number of anilines is 1. The summed E-state index contributed by atoms with van der Waals surface area (Å²) in [5, 5.41) is 2.97. The van der Waals surface area contributed by atoms with Gasteiger partial charge in [-0.05, 0) is 35.6 Å². The molecule has 1 aliphatic heterocycles. The Labute approximate surface area is 142 Å². The van der Waals surface area contributed by atoms with Crippen LogP contribution in [0.15, 0.2) is 48.5 Å². The minimum atomic E-state index is 0.0284.